The van der Waals surface area contributed by atoms with Crippen molar-refractivity contribution in [3.8, 4) is 28.8 Å². The summed E-state index contributed by atoms with van der Waals surface area (Å²) in [6.07, 6.45) is 1.86. The van der Waals surface area contributed by atoms with Gasteiger partial charge >= 0.3 is 0 Å². The van der Waals surface area contributed by atoms with E-state index >= 15 is 0 Å². The molecule has 5 rings (SSSR count). The number of hydrogen-bond donors (Lipinski definition) is 1. The molecule has 3 aromatic heterocycles. The number of benzene rings is 2. The van der Waals surface area contributed by atoms with E-state index < -0.39 is 5.82 Å². The third-order valence-electron chi connectivity index (χ3n) is 5.39. The molecule has 0 aliphatic carbocycles. The highest BCUT2D eigenvalue weighted by atomic mass is 19.1. The second-order valence-corrected chi connectivity index (χ2v) is 7.52. The minimum Gasteiger partial charge on any atom is -0.441 e. The Bertz CT molecular complexity index is 1610. The van der Waals surface area contributed by atoms with E-state index in [-0.39, 0.29) is 34.8 Å². The number of carbonyl (C=O) groups excluding carboxylic acids is 1. The monoisotopic (exact) mass is 453 g/mol. The van der Waals surface area contributed by atoms with Crippen LogP contribution in [0.2, 0.25) is 0 Å². The van der Waals surface area contributed by atoms with Gasteiger partial charge in [-0.15, -0.1) is 0 Å². The van der Waals surface area contributed by atoms with Crippen molar-refractivity contribution in [2.75, 3.05) is 5.73 Å². The molecular formula is C24H16FN7O2. The summed E-state index contributed by atoms with van der Waals surface area (Å²) in [7, 11) is 0. The topological polar surface area (TPSA) is 136 Å². The average Bonchev–Trinajstić information content (AvgIpc) is 3.47. The van der Waals surface area contributed by atoms with Crippen LogP contribution in [0, 0.1) is 24.1 Å². The van der Waals surface area contributed by atoms with E-state index in [1.165, 1.54) is 29.1 Å². The van der Waals surface area contributed by atoms with Gasteiger partial charge in [0.2, 0.25) is 0 Å². The smallest absolute Gasteiger partial charge is 0.199 e. The van der Waals surface area contributed by atoms with Crippen molar-refractivity contribution in [1.82, 2.24) is 24.6 Å². The SMILES string of the molecule is Cc1ncoc1-c1c(-c2cccc(C#N)c2)nc(N)c2nc(Cc3c(F)cccc3C=O)nn12. The number of fused-ring (bicyclic) bond motifs is 1. The zero-order chi connectivity index (χ0) is 23.8. The number of aryl methyl sites for hydroxylation is 1. The third-order valence-corrected chi connectivity index (χ3v) is 5.39. The van der Waals surface area contributed by atoms with Gasteiger partial charge in [0.1, 0.15) is 23.5 Å². The van der Waals surface area contributed by atoms with Gasteiger partial charge in [0.15, 0.2) is 29.4 Å². The Morgan fingerprint density at radius 1 is 1.24 bits per heavy atom. The lowest BCUT2D eigenvalue weighted by atomic mass is 10.0. The lowest BCUT2D eigenvalue weighted by Crippen LogP contribution is -2.05. The molecule has 0 aliphatic heterocycles. The van der Waals surface area contributed by atoms with E-state index in [0.717, 1.165) is 0 Å². The molecule has 3 heterocycles. The van der Waals surface area contributed by atoms with Crippen LogP contribution >= 0.6 is 0 Å². The summed E-state index contributed by atoms with van der Waals surface area (Å²) in [5.41, 5.74) is 9.36. The van der Waals surface area contributed by atoms with Gasteiger partial charge < -0.3 is 10.2 Å². The third kappa shape index (κ3) is 3.45. The van der Waals surface area contributed by atoms with Crippen molar-refractivity contribution < 1.29 is 13.6 Å². The normalized spacial score (nSPS) is 11.0. The van der Waals surface area contributed by atoms with Crippen molar-refractivity contribution in [2.45, 2.75) is 13.3 Å². The Hall–Kier alpha value is -4.91. The van der Waals surface area contributed by atoms with Crippen LogP contribution < -0.4 is 5.73 Å². The predicted octanol–water partition coefficient (Wildman–Crippen LogP) is 3.75. The highest BCUT2D eigenvalue weighted by Crippen LogP contribution is 2.34. The predicted molar refractivity (Wildman–Crippen MR) is 120 cm³/mol. The molecule has 0 atom stereocenters. The van der Waals surface area contributed by atoms with Crippen molar-refractivity contribution in [2.24, 2.45) is 0 Å². The van der Waals surface area contributed by atoms with Gasteiger partial charge in [-0.1, -0.05) is 24.3 Å². The van der Waals surface area contributed by atoms with Gasteiger partial charge in [-0.05, 0) is 25.1 Å². The number of oxazole rings is 1. The zero-order valence-electron chi connectivity index (χ0n) is 17.9. The summed E-state index contributed by atoms with van der Waals surface area (Å²) < 4.78 is 21.6. The van der Waals surface area contributed by atoms with Crippen LogP contribution in [-0.2, 0) is 6.42 Å². The molecule has 34 heavy (non-hydrogen) atoms. The van der Waals surface area contributed by atoms with Gasteiger partial charge in [-0.2, -0.15) is 10.4 Å². The Kier molecular flexibility index (Phi) is 5.07. The second kappa shape index (κ2) is 8.22. The van der Waals surface area contributed by atoms with Crippen molar-refractivity contribution >= 4 is 17.8 Å². The molecule has 0 aliphatic rings. The molecule has 2 aromatic carbocycles. The first-order valence-corrected chi connectivity index (χ1v) is 10.2. The Balaban J connectivity index is 1.76. The zero-order valence-corrected chi connectivity index (χ0v) is 17.9. The number of nitrogen functional groups attached to an aromatic ring is 1. The first-order valence-electron chi connectivity index (χ1n) is 10.2. The summed E-state index contributed by atoms with van der Waals surface area (Å²) in [6.45, 7) is 1.77. The number of nitrogens with zero attached hydrogens (tertiary/aromatic N) is 6. The van der Waals surface area contributed by atoms with Crippen LogP contribution in [0.15, 0.2) is 53.3 Å². The number of rotatable bonds is 5. The largest absolute Gasteiger partial charge is 0.441 e. The summed E-state index contributed by atoms with van der Waals surface area (Å²) >= 11 is 0. The standard InChI is InChI=1S/C24H16FN7O2/c1-13-22(34-12-28-13)21-20(15-5-2-4-14(8-15)10-26)30-23(27)24-29-19(31-32(21)24)9-17-16(11-33)6-3-7-18(17)25/h2-8,11-12H,9H2,1H3,(H2,27,30). The van der Waals surface area contributed by atoms with E-state index in [0.29, 0.717) is 40.3 Å². The maximum Gasteiger partial charge on any atom is 0.199 e. The van der Waals surface area contributed by atoms with E-state index in [9.17, 15) is 14.4 Å². The van der Waals surface area contributed by atoms with Crippen LogP contribution in [-0.4, -0.2) is 30.9 Å². The summed E-state index contributed by atoms with van der Waals surface area (Å²) in [5.74, 6) is 0.185. The minimum absolute atomic E-state index is 0.0318. The Labute approximate surface area is 192 Å². The quantitative estimate of drug-likeness (QED) is 0.397. The van der Waals surface area contributed by atoms with E-state index in [2.05, 4.69) is 26.1 Å². The summed E-state index contributed by atoms with van der Waals surface area (Å²) in [5, 5.41) is 13.9. The second-order valence-electron chi connectivity index (χ2n) is 7.52. The highest BCUT2D eigenvalue weighted by molar-refractivity contribution is 5.82. The van der Waals surface area contributed by atoms with E-state index in [4.69, 9.17) is 10.2 Å². The summed E-state index contributed by atoms with van der Waals surface area (Å²) in [4.78, 5) is 24.6. The van der Waals surface area contributed by atoms with Gasteiger partial charge in [0.05, 0.1) is 17.3 Å². The molecule has 5 aromatic rings. The number of halogens is 1. The van der Waals surface area contributed by atoms with Crippen LogP contribution in [0.3, 0.4) is 0 Å². The lowest BCUT2D eigenvalue weighted by Gasteiger charge is -2.11. The molecule has 166 valence electrons. The average molecular weight is 453 g/mol. The van der Waals surface area contributed by atoms with Crippen LogP contribution in [0.25, 0.3) is 28.4 Å². The van der Waals surface area contributed by atoms with Gasteiger partial charge in [-0.25, -0.2) is 23.9 Å². The molecular weight excluding hydrogens is 437 g/mol. The van der Waals surface area contributed by atoms with E-state index in [1.54, 1.807) is 31.2 Å². The first kappa shape index (κ1) is 21.0. The van der Waals surface area contributed by atoms with Crippen molar-refractivity contribution in [3.63, 3.8) is 0 Å². The minimum atomic E-state index is -0.533. The lowest BCUT2D eigenvalue weighted by molar-refractivity contribution is 0.112. The maximum absolute atomic E-state index is 14.5. The van der Waals surface area contributed by atoms with Crippen molar-refractivity contribution in [1.29, 1.82) is 5.26 Å². The number of aldehydes is 1. The first-order chi connectivity index (χ1) is 16.5. The molecule has 0 saturated carbocycles. The fourth-order valence-corrected chi connectivity index (χ4v) is 3.78. The molecule has 0 amide bonds. The molecule has 0 saturated heterocycles. The Morgan fingerprint density at radius 3 is 2.79 bits per heavy atom. The fraction of sp³-hybridized carbons (Fsp3) is 0.0833. The van der Waals surface area contributed by atoms with Gasteiger partial charge in [0.25, 0.3) is 0 Å². The highest BCUT2D eigenvalue weighted by Gasteiger charge is 2.24. The molecule has 0 bridgehead atoms. The Morgan fingerprint density at radius 2 is 2.06 bits per heavy atom. The molecule has 2 N–H and O–H groups in total. The van der Waals surface area contributed by atoms with Crippen molar-refractivity contribution in [3.05, 3.63) is 82.9 Å². The molecule has 0 spiro atoms. The van der Waals surface area contributed by atoms with Crippen LogP contribution in [0.1, 0.15) is 33.0 Å². The fourth-order valence-electron chi connectivity index (χ4n) is 3.78. The number of aromatic nitrogens is 5. The van der Waals surface area contributed by atoms with E-state index in [1.807, 2.05) is 0 Å². The number of anilines is 1. The van der Waals surface area contributed by atoms with Crippen LogP contribution in [0.4, 0.5) is 10.2 Å². The number of carbonyl (C=O) groups is 1. The number of hydrogen-bond acceptors (Lipinski definition) is 8. The molecule has 9 nitrogen and oxygen atoms in total. The molecule has 0 radical (unpaired) electrons. The van der Waals surface area contributed by atoms with Gasteiger partial charge in [-0.3, -0.25) is 4.79 Å². The number of nitriles is 1. The summed E-state index contributed by atoms with van der Waals surface area (Å²) in [6, 6.07) is 13.3. The molecule has 0 unspecified atom stereocenters. The molecule has 10 heteroatoms. The van der Waals surface area contributed by atoms with Crippen LogP contribution in [0.5, 0.6) is 0 Å². The van der Waals surface area contributed by atoms with Gasteiger partial charge in [0, 0.05) is 23.1 Å². The molecule has 0 fully saturated rings. The maximum atomic E-state index is 14.5. The number of nitrogens with two attached hydrogens (primary N) is 1.